The second-order valence-corrected chi connectivity index (χ2v) is 8.59. The minimum atomic E-state index is -0.238. The van der Waals surface area contributed by atoms with Crippen LogP contribution in [0.3, 0.4) is 0 Å². The van der Waals surface area contributed by atoms with E-state index in [9.17, 15) is 9.59 Å². The van der Waals surface area contributed by atoms with Crippen molar-refractivity contribution in [3.63, 3.8) is 0 Å². The largest absolute Gasteiger partial charge is 0.350 e. The predicted molar refractivity (Wildman–Crippen MR) is 103 cm³/mol. The van der Waals surface area contributed by atoms with Crippen LogP contribution in [0.25, 0.3) is 0 Å². The molecular formula is C20H26N6O2. The molecule has 2 amide bonds. The molecule has 8 nitrogen and oxygen atoms in total. The lowest BCUT2D eigenvalue weighted by atomic mass is 9.62. The highest BCUT2D eigenvalue weighted by molar-refractivity contribution is 5.92. The quantitative estimate of drug-likeness (QED) is 0.819. The van der Waals surface area contributed by atoms with Crippen molar-refractivity contribution in [2.75, 3.05) is 6.54 Å². The maximum absolute atomic E-state index is 12.5. The van der Waals surface area contributed by atoms with E-state index in [2.05, 4.69) is 51.3 Å². The molecule has 3 rings (SSSR count). The number of hydrogen-bond acceptors (Lipinski definition) is 6. The number of nitrogens with zero attached hydrogens (tertiary/aromatic N) is 4. The Balaban J connectivity index is 1.65. The molecule has 2 N–H and O–H groups in total. The van der Waals surface area contributed by atoms with Gasteiger partial charge in [-0.3, -0.25) is 19.6 Å². The number of amides is 2. The van der Waals surface area contributed by atoms with E-state index in [0.717, 1.165) is 19.3 Å². The Morgan fingerprint density at radius 3 is 2.14 bits per heavy atom. The van der Waals surface area contributed by atoms with Crippen LogP contribution in [0.1, 0.15) is 61.0 Å². The smallest absolute Gasteiger partial charge is 0.271 e. The molecule has 0 saturated heterocycles. The fraction of sp³-hybridized carbons (Fsp3) is 0.500. The highest BCUT2D eigenvalue weighted by Gasteiger charge is 2.42. The van der Waals surface area contributed by atoms with E-state index in [1.165, 1.54) is 37.2 Å². The molecular weight excluding hydrogens is 356 g/mol. The standard InChI is InChI=1S/C20H26N6O2/c1-19(2)8-14(26-18(28)16-11-22-5-7-24-16)9-20(3,12-19)13-25-17(27)15-10-21-4-6-23-15/h4-7,10-11,14H,8-9,12-13H2,1-3H3,(H,25,27)(H,26,28). The van der Waals surface area contributed by atoms with Crippen LogP contribution in [0.4, 0.5) is 0 Å². The molecule has 28 heavy (non-hydrogen) atoms. The SMILES string of the molecule is CC1(C)CC(NC(=O)c2cnccn2)CC(C)(CNC(=O)c2cnccn2)C1. The zero-order chi connectivity index (χ0) is 20.2. The van der Waals surface area contributed by atoms with E-state index >= 15 is 0 Å². The number of nitrogens with one attached hydrogen (secondary N) is 2. The molecule has 0 spiro atoms. The van der Waals surface area contributed by atoms with Crippen LogP contribution in [-0.2, 0) is 0 Å². The zero-order valence-electron chi connectivity index (χ0n) is 16.5. The summed E-state index contributed by atoms with van der Waals surface area (Å²) in [5.74, 6) is -0.459. The average Bonchev–Trinajstić information content (AvgIpc) is 2.66. The molecule has 1 aliphatic carbocycles. The highest BCUT2D eigenvalue weighted by atomic mass is 16.2. The summed E-state index contributed by atoms with van der Waals surface area (Å²) < 4.78 is 0. The first kappa shape index (κ1) is 19.9. The summed E-state index contributed by atoms with van der Waals surface area (Å²) in [5.41, 5.74) is 0.488. The Kier molecular flexibility index (Phi) is 5.67. The van der Waals surface area contributed by atoms with Crippen LogP contribution in [0.15, 0.2) is 37.2 Å². The number of carbonyl (C=O) groups excluding carboxylic acids is 2. The van der Waals surface area contributed by atoms with Crippen LogP contribution < -0.4 is 10.6 Å². The highest BCUT2D eigenvalue weighted by Crippen LogP contribution is 2.45. The number of aromatic nitrogens is 4. The molecule has 2 aromatic rings. The summed E-state index contributed by atoms with van der Waals surface area (Å²) in [6.07, 6.45) is 11.6. The van der Waals surface area contributed by atoms with Crippen LogP contribution in [0, 0.1) is 10.8 Å². The maximum atomic E-state index is 12.5. The topological polar surface area (TPSA) is 110 Å². The summed E-state index contributed by atoms with van der Waals surface area (Å²) in [7, 11) is 0. The minimum Gasteiger partial charge on any atom is -0.350 e. The van der Waals surface area contributed by atoms with Gasteiger partial charge in [-0.05, 0) is 30.1 Å². The van der Waals surface area contributed by atoms with E-state index in [1.807, 2.05) is 0 Å². The Labute approximate surface area is 164 Å². The molecule has 0 aromatic carbocycles. The monoisotopic (exact) mass is 382 g/mol. The van der Waals surface area contributed by atoms with E-state index in [4.69, 9.17) is 0 Å². The van der Waals surface area contributed by atoms with Gasteiger partial charge in [-0.15, -0.1) is 0 Å². The van der Waals surface area contributed by atoms with E-state index < -0.39 is 0 Å². The van der Waals surface area contributed by atoms with Gasteiger partial charge in [-0.25, -0.2) is 9.97 Å². The van der Waals surface area contributed by atoms with Crippen LogP contribution in [-0.4, -0.2) is 44.3 Å². The van der Waals surface area contributed by atoms with Gasteiger partial charge >= 0.3 is 0 Å². The molecule has 2 unspecified atom stereocenters. The summed E-state index contributed by atoms with van der Waals surface area (Å²) in [6, 6.07) is -0.00308. The van der Waals surface area contributed by atoms with Crippen molar-refractivity contribution >= 4 is 11.8 Å². The van der Waals surface area contributed by atoms with Crippen molar-refractivity contribution in [2.45, 2.75) is 46.1 Å². The Morgan fingerprint density at radius 1 is 0.964 bits per heavy atom. The Hall–Kier alpha value is -2.90. The Morgan fingerprint density at radius 2 is 1.57 bits per heavy atom. The van der Waals surface area contributed by atoms with E-state index in [0.29, 0.717) is 17.9 Å². The molecule has 1 saturated carbocycles. The van der Waals surface area contributed by atoms with Crippen molar-refractivity contribution < 1.29 is 9.59 Å². The van der Waals surface area contributed by atoms with Gasteiger partial charge in [0.2, 0.25) is 0 Å². The summed E-state index contributed by atoms with van der Waals surface area (Å²) in [6.45, 7) is 7.03. The lowest BCUT2D eigenvalue weighted by Crippen LogP contribution is -2.50. The molecule has 0 bridgehead atoms. The van der Waals surface area contributed by atoms with Crippen molar-refractivity contribution in [1.82, 2.24) is 30.6 Å². The minimum absolute atomic E-state index is 0.00308. The van der Waals surface area contributed by atoms with Gasteiger partial charge in [0.15, 0.2) is 0 Å². The molecule has 0 aliphatic heterocycles. The third kappa shape index (κ3) is 5.09. The number of rotatable bonds is 5. The summed E-state index contributed by atoms with van der Waals surface area (Å²) in [5, 5.41) is 6.06. The van der Waals surface area contributed by atoms with Crippen LogP contribution >= 0.6 is 0 Å². The van der Waals surface area contributed by atoms with Crippen molar-refractivity contribution in [3.8, 4) is 0 Å². The molecule has 2 heterocycles. The van der Waals surface area contributed by atoms with Gasteiger partial charge in [0.25, 0.3) is 11.8 Å². The van der Waals surface area contributed by atoms with Gasteiger partial charge in [0, 0.05) is 37.4 Å². The van der Waals surface area contributed by atoms with Gasteiger partial charge in [0.1, 0.15) is 11.4 Å². The molecule has 1 aliphatic rings. The molecule has 1 fully saturated rings. The molecule has 2 atom stereocenters. The first-order valence-corrected chi connectivity index (χ1v) is 9.38. The fourth-order valence-electron chi connectivity index (χ4n) is 4.35. The predicted octanol–water partition coefficient (Wildman–Crippen LogP) is 2.01. The number of carbonyl (C=O) groups is 2. The summed E-state index contributed by atoms with van der Waals surface area (Å²) in [4.78, 5) is 40.8. The second-order valence-electron chi connectivity index (χ2n) is 8.59. The van der Waals surface area contributed by atoms with Crippen molar-refractivity contribution in [1.29, 1.82) is 0 Å². The van der Waals surface area contributed by atoms with Gasteiger partial charge in [0.05, 0.1) is 12.4 Å². The molecule has 2 aromatic heterocycles. The molecule has 8 heteroatoms. The summed E-state index contributed by atoms with van der Waals surface area (Å²) >= 11 is 0. The zero-order valence-corrected chi connectivity index (χ0v) is 16.5. The first-order chi connectivity index (χ1) is 13.3. The van der Waals surface area contributed by atoms with Crippen molar-refractivity contribution in [3.05, 3.63) is 48.6 Å². The van der Waals surface area contributed by atoms with Gasteiger partial charge in [-0.2, -0.15) is 0 Å². The van der Waals surface area contributed by atoms with Gasteiger partial charge in [-0.1, -0.05) is 20.8 Å². The third-order valence-electron chi connectivity index (χ3n) is 5.05. The average molecular weight is 382 g/mol. The third-order valence-corrected chi connectivity index (χ3v) is 5.05. The molecule has 148 valence electrons. The van der Waals surface area contributed by atoms with E-state index in [-0.39, 0.29) is 28.7 Å². The van der Waals surface area contributed by atoms with E-state index in [1.54, 1.807) is 0 Å². The second kappa shape index (κ2) is 8.00. The lowest BCUT2D eigenvalue weighted by molar-refractivity contribution is 0.0589. The van der Waals surface area contributed by atoms with Crippen LogP contribution in [0.2, 0.25) is 0 Å². The first-order valence-electron chi connectivity index (χ1n) is 9.38. The lowest BCUT2D eigenvalue weighted by Gasteiger charge is -2.46. The van der Waals surface area contributed by atoms with Crippen molar-refractivity contribution in [2.24, 2.45) is 10.8 Å². The fourth-order valence-corrected chi connectivity index (χ4v) is 4.35. The maximum Gasteiger partial charge on any atom is 0.271 e. The Bertz CT molecular complexity index is 827. The normalized spacial score (nSPS) is 23.6. The van der Waals surface area contributed by atoms with Gasteiger partial charge < -0.3 is 10.6 Å². The van der Waals surface area contributed by atoms with Crippen LogP contribution in [0.5, 0.6) is 0 Å². The number of hydrogen-bond donors (Lipinski definition) is 2. The molecule has 0 radical (unpaired) electrons.